The number of hydrogen-bond donors (Lipinski definition) is 0. The fourth-order valence-electron chi connectivity index (χ4n) is 1.11. The molecule has 0 aliphatic carbocycles. The highest BCUT2D eigenvalue weighted by Gasteiger charge is 1.87. The lowest BCUT2D eigenvalue weighted by Crippen LogP contribution is -1.85. The van der Waals surface area contributed by atoms with Gasteiger partial charge in [0.15, 0.2) is 0 Å². The standard InChI is InChI=1S/C14H22O/c1-3-4-5-6-7-8-9-10-11-12-13-14(2)15/h4-5,7-8,10-11H,3,6,9,12-13H2,1-2H3/b5-4?,8-7-,11-10+. The van der Waals surface area contributed by atoms with Gasteiger partial charge in [0.2, 0.25) is 0 Å². The number of Topliss-reactive ketones (excluding diaryl/α,β-unsaturated/α-hetero) is 1. The Balaban J connectivity index is 3.36. The van der Waals surface area contributed by atoms with Crippen LogP contribution in [0.4, 0.5) is 0 Å². The lowest BCUT2D eigenvalue weighted by Gasteiger charge is -1.87. The Labute approximate surface area is 93.6 Å². The molecule has 0 saturated heterocycles. The van der Waals surface area contributed by atoms with Gasteiger partial charge in [-0.25, -0.2) is 0 Å². The predicted octanol–water partition coefficient (Wildman–Crippen LogP) is 4.21. The normalized spacial score (nSPS) is 12.1. The molecule has 0 bridgehead atoms. The van der Waals surface area contributed by atoms with Gasteiger partial charge in [0, 0.05) is 6.42 Å². The monoisotopic (exact) mass is 206 g/mol. The lowest BCUT2D eigenvalue weighted by molar-refractivity contribution is -0.116. The summed E-state index contributed by atoms with van der Waals surface area (Å²) in [4.78, 5) is 10.6. The molecule has 0 aliphatic heterocycles. The number of carbonyl (C=O) groups is 1. The Morgan fingerprint density at radius 3 is 2.00 bits per heavy atom. The van der Waals surface area contributed by atoms with Gasteiger partial charge in [0.05, 0.1) is 0 Å². The first-order chi connectivity index (χ1) is 7.27. The summed E-state index contributed by atoms with van der Waals surface area (Å²) < 4.78 is 0. The molecule has 1 nitrogen and oxygen atoms in total. The molecule has 0 unspecified atom stereocenters. The second-order valence-electron chi connectivity index (χ2n) is 3.53. The van der Waals surface area contributed by atoms with Crippen molar-refractivity contribution in [3.05, 3.63) is 36.5 Å². The van der Waals surface area contributed by atoms with Crippen molar-refractivity contribution < 1.29 is 4.79 Å². The molecule has 0 amide bonds. The van der Waals surface area contributed by atoms with Crippen molar-refractivity contribution in [1.29, 1.82) is 0 Å². The van der Waals surface area contributed by atoms with Gasteiger partial charge in [0.25, 0.3) is 0 Å². The lowest BCUT2D eigenvalue weighted by atomic mass is 10.2. The van der Waals surface area contributed by atoms with E-state index in [2.05, 4.69) is 43.4 Å². The van der Waals surface area contributed by atoms with Gasteiger partial charge in [-0.2, -0.15) is 0 Å². The topological polar surface area (TPSA) is 17.1 Å². The van der Waals surface area contributed by atoms with E-state index in [1.807, 2.05) is 0 Å². The van der Waals surface area contributed by atoms with Crippen molar-refractivity contribution in [2.24, 2.45) is 0 Å². The molecular weight excluding hydrogens is 184 g/mol. The third kappa shape index (κ3) is 12.9. The van der Waals surface area contributed by atoms with Crippen molar-refractivity contribution in [3.63, 3.8) is 0 Å². The summed E-state index contributed by atoms with van der Waals surface area (Å²) in [5, 5.41) is 0. The minimum absolute atomic E-state index is 0.264. The van der Waals surface area contributed by atoms with E-state index < -0.39 is 0 Å². The zero-order valence-electron chi connectivity index (χ0n) is 9.91. The second-order valence-corrected chi connectivity index (χ2v) is 3.53. The molecule has 0 radical (unpaired) electrons. The fourth-order valence-corrected chi connectivity index (χ4v) is 1.11. The van der Waals surface area contributed by atoms with E-state index in [0.717, 1.165) is 25.7 Å². The molecule has 0 aromatic carbocycles. The molecule has 0 aliphatic rings. The molecule has 1 heteroatoms. The van der Waals surface area contributed by atoms with Crippen LogP contribution in [-0.2, 0) is 4.79 Å². The van der Waals surface area contributed by atoms with Crippen molar-refractivity contribution in [3.8, 4) is 0 Å². The number of rotatable bonds is 8. The zero-order valence-corrected chi connectivity index (χ0v) is 9.91. The maximum Gasteiger partial charge on any atom is 0.130 e. The van der Waals surface area contributed by atoms with Crippen LogP contribution in [0, 0.1) is 0 Å². The van der Waals surface area contributed by atoms with Gasteiger partial charge in [-0.15, -0.1) is 0 Å². The molecule has 0 saturated carbocycles. The third-order valence-electron chi connectivity index (χ3n) is 1.94. The van der Waals surface area contributed by atoms with Crippen LogP contribution in [0.2, 0.25) is 0 Å². The van der Waals surface area contributed by atoms with Crippen molar-refractivity contribution in [2.75, 3.05) is 0 Å². The van der Waals surface area contributed by atoms with Crippen molar-refractivity contribution in [2.45, 2.75) is 46.0 Å². The Morgan fingerprint density at radius 1 is 0.933 bits per heavy atom. The highest BCUT2D eigenvalue weighted by molar-refractivity contribution is 5.75. The quantitative estimate of drug-likeness (QED) is 0.543. The van der Waals surface area contributed by atoms with E-state index in [1.165, 1.54) is 0 Å². The maximum absolute atomic E-state index is 10.6. The summed E-state index contributed by atoms with van der Waals surface area (Å²) in [7, 11) is 0. The van der Waals surface area contributed by atoms with E-state index in [0.29, 0.717) is 6.42 Å². The van der Waals surface area contributed by atoms with Gasteiger partial charge in [0.1, 0.15) is 5.78 Å². The Hall–Kier alpha value is -1.11. The first-order valence-electron chi connectivity index (χ1n) is 5.71. The smallest absolute Gasteiger partial charge is 0.130 e. The summed E-state index contributed by atoms with van der Waals surface area (Å²) >= 11 is 0. The minimum atomic E-state index is 0.264. The van der Waals surface area contributed by atoms with Crippen LogP contribution in [0.1, 0.15) is 46.0 Å². The van der Waals surface area contributed by atoms with E-state index in [4.69, 9.17) is 0 Å². The van der Waals surface area contributed by atoms with E-state index in [1.54, 1.807) is 6.92 Å². The van der Waals surface area contributed by atoms with Crippen LogP contribution in [-0.4, -0.2) is 5.78 Å². The third-order valence-corrected chi connectivity index (χ3v) is 1.94. The molecule has 0 spiro atoms. The number of ketones is 1. The summed E-state index contributed by atoms with van der Waals surface area (Å²) in [6, 6.07) is 0. The van der Waals surface area contributed by atoms with Gasteiger partial charge in [-0.05, 0) is 32.6 Å². The van der Waals surface area contributed by atoms with E-state index in [-0.39, 0.29) is 5.78 Å². The van der Waals surface area contributed by atoms with Gasteiger partial charge in [-0.3, -0.25) is 0 Å². The Bertz CT molecular complexity index is 234. The van der Waals surface area contributed by atoms with Crippen molar-refractivity contribution >= 4 is 5.78 Å². The summed E-state index contributed by atoms with van der Waals surface area (Å²) in [5.74, 6) is 0.264. The highest BCUT2D eigenvalue weighted by Crippen LogP contribution is 1.96. The molecule has 0 N–H and O–H groups in total. The minimum Gasteiger partial charge on any atom is -0.300 e. The molecule has 0 fully saturated rings. The number of carbonyl (C=O) groups excluding carboxylic acids is 1. The van der Waals surface area contributed by atoms with Gasteiger partial charge in [-0.1, -0.05) is 43.4 Å². The van der Waals surface area contributed by atoms with Crippen LogP contribution >= 0.6 is 0 Å². The molecule has 0 rings (SSSR count). The van der Waals surface area contributed by atoms with Crippen LogP contribution in [0.3, 0.4) is 0 Å². The van der Waals surface area contributed by atoms with E-state index in [9.17, 15) is 4.79 Å². The van der Waals surface area contributed by atoms with Crippen molar-refractivity contribution in [1.82, 2.24) is 0 Å². The summed E-state index contributed by atoms with van der Waals surface area (Å²) in [5.41, 5.74) is 0. The van der Waals surface area contributed by atoms with Gasteiger partial charge < -0.3 is 4.79 Å². The average Bonchev–Trinajstić information content (AvgIpc) is 2.20. The first kappa shape index (κ1) is 13.9. The number of hydrogen-bond acceptors (Lipinski definition) is 1. The molecule has 15 heavy (non-hydrogen) atoms. The van der Waals surface area contributed by atoms with E-state index >= 15 is 0 Å². The maximum atomic E-state index is 10.6. The zero-order chi connectivity index (χ0) is 11.4. The van der Waals surface area contributed by atoms with Crippen LogP contribution in [0.25, 0.3) is 0 Å². The largest absolute Gasteiger partial charge is 0.300 e. The molecule has 0 aromatic rings. The first-order valence-corrected chi connectivity index (χ1v) is 5.71. The Morgan fingerprint density at radius 2 is 1.47 bits per heavy atom. The van der Waals surface area contributed by atoms with Crippen LogP contribution < -0.4 is 0 Å². The molecule has 0 aromatic heterocycles. The predicted molar refractivity (Wildman–Crippen MR) is 66.9 cm³/mol. The summed E-state index contributed by atoms with van der Waals surface area (Å²) in [6.45, 7) is 3.77. The molecule has 0 atom stereocenters. The number of allylic oxidation sites excluding steroid dienone is 6. The average molecular weight is 206 g/mol. The van der Waals surface area contributed by atoms with Crippen LogP contribution in [0.5, 0.6) is 0 Å². The fraction of sp³-hybridized carbons (Fsp3) is 0.500. The summed E-state index contributed by atoms with van der Waals surface area (Å²) in [6.07, 6.45) is 17.5. The van der Waals surface area contributed by atoms with Gasteiger partial charge >= 0.3 is 0 Å². The second kappa shape index (κ2) is 11.0. The molecule has 0 heterocycles. The Kier molecular flexibility index (Phi) is 10.2. The van der Waals surface area contributed by atoms with Crippen LogP contribution in [0.15, 0.2) is 36.5 Å². The SMILES string of the molecule is CCC=CC/C=C\C/C=C/CCC(C)=O. The molecular formula is C14H22O. The molecule has 84 valence electrons. The highest BCUT2D eigenvalue weighted by atomic mass is 16.1.